The summed E-state index contributed by atoms with van der Waals surface area (Å²) in [5, 5.41) is 6.01. The lowest BCUT2D eigenvalue weighted by atomic mass is 9.94. The molecule has 0 aromatic carbocycles. The summed E-state index contributed by atoms with van der Waals surface area (Å²) >= 11 is 1.94. The van der Waals surface area contributed by atoms with Crippen LogP contribution in [0, 0.1) is 0 Å². The van der Waals surface area contributed by atoms with E-state index >= 15 is 0 Å². The standard InChI is InChI=1S/C15H21NS/c1-2-5-12(4-1)8-10-16-14-6-3-7-15-13(14)9-11-17-15/h4,9,11,14,16H,1-3,5-8,10H2. The summed E-state index contributed by atoms with van der Waals surface area (Å²) in [5.74, 6) is 0. The first-order chi connectivity index (χ1) is 8.43. The molecule has 17 heavy (non-hydrogen) atoms. The molecule has 0 spiro atoms. The van der Waals surface area contributed by atoms with E-state index in [9.17, 15) is 0 Å². The Morgan fingerprint density at radius 1 is 1.29 bits per heavy atom. The van der Waals surface area contributed by atoms with Crippen LogP contribution in [0.4, 0.5) is 0 Å². The maximum absolute atomic E-state index is 3.76. The number of nitrogens with one attached hydrogen (secondary N) is 1. The minimum absolute atomic E-state index is 0.631. The lowest BCUT2D eigenvalue weighted by Gasteiger charge is -2.24. The molecule has 0 amide bonds. The Bertz CT molecular complexity index is 405. The second-order valence-corrected chi connectivity index (χ2v) is 6.20. The van der Waals surface area contributed by atoms with Crippen molar-refractivity contribution in [2.75, 3.05) is 6.54 Å². The number of hydrogen-bond donors (Lipinski definition) is 1. The highest BCUT2D eigenvalue weighted by atomic mass is 32.1. The molecule has 0 saturated heterocycles. The summed E-state index contributed by atoms with van der Waals surface area (Å²) in [6, 6.07) is 2.96. The van der Waals surface area contributed by atoms with E-state index in [4.69, 9.17) is 0 Å². The molecule has 1 aromatic heterocycles. The predicted molar refractivity (Wildman–Crippen MR) is 74.6 cm³/mol. The Labute approximate surface area is 108 Å². The van der Waals surface area contributed by atoms with Gasteiger partial charge in [-0.1, -0.05) is 11.6 Å². The Morgan fingerprint density at radius 3 is 3.18 bits per heavy atom. The molecule has 1 unspecified atom stereocenters. The molecule has 0 saturated carbocycles. The van der Waals surface area contributed by atoms with Gasteiger partial charge in [-0.25, -0.2) is 0 Å². The highest BCUT2D eigenvalue weighted by Crippen LogP contribution is 2.33. The Kier molecular flexibility index (Phi) is 3.62. The summed E-state index contributed by atoms with van der Waals surface area (Å²) < 4.78 is 0. The minimum Gasteiger partial charge on any atom is -0.310 e. The van der Waals surface area contributed by atoms with Crippen LogP contribution < -0.4 is 5.32 Å². The largest absolute Gasteiger partial charge is 0.310 e. The fourth-order valence-corrected chi connectivity index (χ4v) is 4.06. The summed E-state index contributed by atoms with van der Waals surface area (Å²) in [6.07, 6.45) is 11.7. The van der Waals surface area contributed by atoms with Gasteiger partial charge in [-0.2, -0.15) is 0 Å². The van der Waals surface area contributed by atoms with E-state index in [2.05, 4.69) is 22.8 Å². The number of aryl methyl sites for hydroxylation is 1. The van der Waals surface area contributed by atoms with Crippen LogP contribution >= 0.6 is 11.3 Å². The second kappa shape index (κ2) is 5.36. The van der Waals surface area contributed by atoms with Crippen molar-refractivity contribution in [3.63, 3.8) is 0 Å². The Morgan fingerprint density at radius 2 is 2.29 bits per heavy atom. The van der Waals surface area contributed by atoms with Gasteiger partial charge >= 0.3 is 0 Å². The van der Waals surface area contributed by atoms with E-state index in [1.54, 1.807) is 16.0 Å². The fraction of sp³-hybridized carbons (Fsp3) is 0.600. The molecule has 2 heteroatoms. The molecule has 1 nitrogen and oxygen atoms in total. The van der Waals surface area contributed by atoms with Gasteiger partial charge in [-0.05, 0) is 68.5 Å². The third-order valence-corrected chi connectivity index (χ3v) is 5.02. The van der Waals surface area contributed by atoms with Crippen LogP contribution in [0.15, 0.2) is 23.1 Å². The molecule has 1 atom stereocenters. The number of fused-ring (bicyclic) bond motifs is 1. The maximum Gasteiger partial charge on any atom is 0.0331 e. The molecule has 0 bridgehead atoms. The Hall–Kier alpha value is -0.600. The molecule has 1 aromatic rings. The van der Waals surface area contributed by atoms with E-state index < -0.39 is 0 Å². The van der Waals surface area contributed by atoms with Gasteiger partial charge in [-0.3, -0.25) is 0 Å². The van der Waals surface area contributed by atoms with Crippen LogP contribution in [0.1, 0.15) is 55.0 Å². The molecule has 0 fully saturated rings. The second-order valence-electron chi connectivity index (χ2n) is 5.20. The van der Waals surface area contributed by atoms with Crippen molar-refractivity contribution in [2.24, 2.45) is 0 Å². The number of allylic oxidation sites excluding steroid dienone is 1. The van der Waals surface area contributed by atoms with Crippen LogP contribution in [0.2, 0.25) is 0 Å². The van der Waals surface area contributed by atoms with Crippen LogP contribution in [0.3, 0.4) is 0 Å². The molecule has 1 heterocycles. The monoisotopic (exact) mass is 247 g/mol. The predicted octanol–water partition coefficient (Wildman–Crippen LogP) is 4.22. The zero-order valence-corrected chi connectivity index (χ0v) is 11.2. The summed E-state index contributed by atoms with van der Waals surface area (Å²) in [7, 11) is 0. The summed E-state index contributed by atoms with van der Waals surface area (Å²) in [6.45, 7) is 1.16. The molecule has 0 aliphatic heterocycles. The zero-order valence-electron chi connectivity index (χ0n) is 10.4. The van der Waals surface area contributed by atoms with Crippen LogP contribution in [-0.2, 0) is 6.42 Å². The normalized spacial score (nSPS) is 23.5. The molecular weight excluding hydrogens is 226 g/mol. The summed E-state index contributed by atoms with van der Waals surface area (Å²) in [5.41, 5.74) is 3.26. The zero-order chi connectivity index (χ0) is 11.5. The topological polar surface area (TPSA) is 12.0 Å². The van der Waals surface area contributed by atoms with Crippen molar-refractivity contribution in [3.8, 4) is 0 Å². The van der Waals surface area contributed by atoms with Gasteiger partial charge in [0.25, 0.3) is 0 Å². The molecule has 92 valence electrons. The third-order valence-electron chi connectivity index (χ3n) is 4.02. The van der Waals surface area contributed by atoms with Crippen molar-refractivity contribution in [3.05, 3.63) is 33.5 Å². The SMILES string of the molecule is C1=C(CCNC2CCCc3sccc32)CCC1. The van der Waals surface area contributed by atoms with E-state index in [1.165, 1.54) is 44.9 Å². The van der Waals surface area contributed by atoms with Gasteiger partial charge in [0, 0.05) is 10.9 Å². The molecule has 0 radical (unpaired) electrons. The van der Waals surface area contributed by atoms with E-state index in [-0.39, 0.29) is 0 Å². The van der Waals surface area contributed by atoms with Gasteiger partial charge in [0.2, 0.25) is 0 Å². The highest BCUT2D eigenvalue weighted by Gasteiger charge is 2.20. The summed E-state index contributed by atoms with van der Waals surface area (Å²) in [4.78, 5) is 1.62. The number of rotatable bonds is 4. The van der Waals surface area contributed by atoms with E-state index in [1.807, 2.05) is 11.3 Å². The average Bonchev–Trinajstić information content (AvgIpc) is 2.99. The third kappa shape index (κ3) is 2.63. The van der Waals surface area contributed by atoms with Crippen LogP contribution in [0.5, 0.6) is 0 Å². The maximum atomic E-state index is 3.76. The van der Waals surface area contributed by atoms with E-state index in [0.29, 0.717) is 6.04 Å². The average molecular weight is 247 g/mol. The van der Waals surface area contributed by atoms with Crippen molar-refractivity contribution in [1.82, 2.24) is 5.32 Å². The highest BCUT2D eigenvalue weighted by molar-refractivity contribution is 7.10. The van der Waals surface area contributed by atoms with Crippen LogP contribution in [0.25, 0.3) is 0 Å². The van der Waals surface area contributed by atoms with Gasteiger partial charge in [0.15, 0.2) is 0 Å². The van der Waals surface area contributed by atoms with Gasteiger partial charge in [-0.15, -0.1) is 11.3 Å². The molecule has 2 aliphatic rings. The van der Waals surface area contributed by atoms with Gasteiger partial charge in [0.1, 0.15) is 0 Å². The van der Waals surface area contributed by atoms with Crippen molar-refractivity contribution in [1.29, 1.82) is 0 Å². The molecule has 1 N–H and O–H groups in total. The van der Waals surface area contributed by atoms with Crippen molar-refractivity contribution < 1.29 is 0 Å². The van der Waals surface area contributed by atoms with Crippen molar-refractivity contribution in [2.45, 2.75) is 51.0 Å². The number of hydrogen-bond acceptors (Lipinski definition) is 2. The van der Waals surface area contributed by atoms with Gasteiger partial charge in [0.05, 0.1) is 0 Å². The molecule has 3 rings (SSSR count). The molecule has 2 aliphatic carbocycles. The number of thiophene rings is 1. The lowest BCUT2D eigenvalue weighted by Crippen LogP contribution is -2.25. The lowest BCUT2D eigenvalue weighted by molar-refractivity contribution is 0.466. The van der Waals surface area contributed by atoms with Crippen molar-refractivity contribution >= 4 is 11.3 Å². The first-order valence-electron chi connectivity index (χ1n) is 6.91. The minimum atomic E-state index is 0.631. The van der Waals surface area contributed by atoms with Crippen LogP contribution in [-0.4, -0.2) is 6.54 Å². The molecular formula is C15H21NS. The fourth-order valence-electron chi connectivity index (χ4n) is 3.07. The van der Waals surface area contributed by atoms with E-state index in [0.717, 1.165) is 6.54 Å². The van der Waals surface area contributed by atoms with Gasteiger partial charge < -0.3 is 5.32 Å². The first kappa shape index (κ1) is 11.5. The quantitative estimate of drug-likeness (QED) is 0.786. The first-order valence-corrected chi connectivity index (χ1v) is 7.79. The Balaban J connectivity index is 1.53. The smallest absolute Gasteiger partial charge is 0.0331 e.